The van der Waals surface area contributed by atoms with Crippen molar-refractivity contribution in [1.29, 1.82) is 0 Å². The van der Waals surface area contributed by atoms with E-state index in [9.17, 15) is 14.7 Å². The van der Waals surface area contributed by atoms with Crippen molar-refractivity contribution in [2.75, 3.05) is 6.54 Å². The monoisotopic (exact) mass is 277 g/mol. The van der Waals surface area contributed by atoms with Crippen molar-refractivity contribution in [3.8, 4) is 0 Å². The predicted octanol–water partition coefficient (Wildman–Crippen LogP) is 2.30. The zero-order chi connectivity index (χ0) is 14.3. The molecule has 0 aromatic carbocycles. The highest BCUT2D eigenvalue weighted by Gasteiger charge is 2.45. The number of likely N-dealkylation sites (tertiary alicyclic amines) is 1. The van der Waals surface area contributed by atoms with Gasteiger partial charge >= 0.3 is 5.97 Å². The Hall–Kier alpha value is -1.32. The molecule has 2 fully saturated rings. The highest BCUT2D eigenvalue weighted by Crippen LogP contribution is 2.44. The minimum atomic E-state index is -0.838. The van der Waals surface area contributed by atoms with E-state index in [1.165, 1.54) is 0 Å². The Morgan fingerprint density at radius 1 is 1.25 bits per heavy atom. The van der Waals surface area contributed by atoms with Crippen LogP contribution in [0.15, 0.2) is 12.2 Å². The van der Waals surface area contributed by atoms with Gasteiger partial charge in [-0.05, 0) is 43.4 Å². The Morgan fingerprint density at radius 3 is 2.60 bits per heavy atom. The van der Waals surface area contributed by atoms with Crippen LogP contribution >= 0.6 is 0 Å². The number of carboxylic acid groups (broad SMARTS) is 1. The molecule has 4 nitrogen and oxygen atoms in total. The van der Waals surface area contributed by atoms with E-state index in [1.807, 2.05) is 0 Å². The molecule has 1 aliphatic heterocycles. The highest BCUT2D eigenvalue weighted by atomic mass is 16.4. The van der Waals surface area contributed by atoms with Gasteiger partial charge in [0.15, 0.2) is 0 Å². The van der Waals surface area contributed by atoms with Gasteiger partial charge in [0, 0.05) is 12.5 Å². The molecule has 1 amide bonds. The first kappa shape index (κ1) is 13.7. The Labute approximate surface area is 119 Å². The maximum Gasteiger partial charge on any atom is 0.326 e. The van der Waals surface area contributed by atoms with Crippen LogP contribution < -0.4 is 0 Å². The molecule has 1 saturated carbocycles. The lowest BCUT2D eigenvalue weighted by Crippen LogP contribution is -2.52. The molecule has 1 heterocycles. The lowest BCUT2D eigenvalue weighted by atomic mass is 9.86. The van der Waals surface area contributed by atoms with Crippen LogP contribution in [-0.2, 0) is 9.59 Å². The molecular formula is C16H23NO3. The summed E-state index contributed by atoms with van der Waals surface area (Å²) >= 11 is 0. The molecule has 0 radical (unpaired) electrons. The fraction of sp³-hybridized carbons (Fsp3) is 0.750. The molecular weight excluding hydrogens is 254 g/mol. The standard InChI is InChI=1S/C16H23NO3/c1-2-10-5-6-17(14(9-10)16(19)20)15(18)13-8-11-3-4-12(13)7-11/h3-4,10-14H,2,5-9H2,1H3,(H,19,20). The van der Waals surface area contributed by atoms with Gasteiger partial charge in [0.1, 0.15) is 6.04 Å². The van der Waals surface area contributed by atoms with E-state index in [-0.39, 0.29) is 11.8 Å². The molecule has 4 heteroatoms. The second kappa shape index (κ2) is 5.23. The maximum absolute atomic E-state index is 12.7. The smallest absolute Gasteiger partial charge is 0.326 e. The van der Waals surface area contributed by atoms with Gasteiger partial charge in [0.2, 0.25) is 5.91 Å². The summed E-state index contributed by atoms with van der Waals surface area (Å²) in [5.41, 5.74) is 0. The molecule has 1 saturated heterocycles. The van der Waals surface area contributed by atoms with Crippen molar-refractivity contribution >= 4 is 11.9 Å². The normalized spacial score (nSPS) is 39.2. The summed E-state index contributed by atoms with van der Waals surface area (Å²) in [7, 11) is 0. The van der Waals surface area contributed by atoms with E-state index in [0.717, 1.165) is 25.7 Å². The summed E-state index contributed by atoms with van der Waals surface area (Å²) in [4.78, 5) is 25.9. The first-order valence-electron chi connectivity index (χ1n) is 7.81. The number of hydrogen-bond donors (Lipinski definition) is 1. The Kier molecular flexibility index (Phi) is 3.57. The van der Waals surface area contributed by atoms with Crippen LogP contribution in [0.25, 0.3) is 0 Å². The number of rotatable bonds is 3. The van der Waals surface area contributed by atoms with Crippen molar-refractivity contribution in [1.82, 2.24) is 4.90 Å². The first-order valence-corrected chi connectivity index (χ1v) is 7.81. The van der Waals surface area contributed by atoms with Crippen molar-refractivity contribution in [3.63, 3.8) is 0 Å². The van der Waals surface area contributed by atoms with E-state index in [4.69, 9.17) is 0 Å². The third-order valence-electron chi connectivity index (χ3n) is 5.45. The van der Waals surface area contributed by atoms with Crippen LogP contribution in [0.5, 0.6) is 0 Å². The molecule has 2 aliphatic carbocycles. The average Bonchev–Trinajstić information content (AvgIpc) is 3.08. The molecule has 3 rings (SSSR count). The Bertz CT molecular complexity index is 445. The second-order valence-corrected chi connectivity index (χ2v) is 6.57. The van der Waals surface area contributed by atoms with E-state index < -0.39 is 12.0 Å². The number of aliphatic carboxylic acids is 1. The number of carbonyl (C=O) groups is 2. The molecule has 20 heavy (non-hydrogen) atoms. The summed E-state index contributed by atoms with van der Waals surface area (Å²) in [6.07, 6.45) is 8.94. The van der Waals surface area contributed by atoms with Gasteiger partial charge in [-0.15, -0.1) is 0 Å². The van der Waals surface area contributed by atoms with E-state index in [0.29, 0.717) is 30.7 Å². The van der Waals surface area contributed by atoms with E-state index in [2.05, 4.69) is 19.1 Å². The third kappa shape index (κ3) is 2.25. The van der Waals surface area contributed by atoms with Crippen molar-refractivity contribution in [2.24, 2.45) is 23.7 Å². The van der Waals surface area contributed by atoms with Crippen molar-refractivity contribution in [2.45, 2.75) is 45.1 Å². The lowest BCUT2D eigenvalue weighted by Gasteiger charge is -2.39. The molecule has 2 bridgehead atoms. The Morgan fingerprint density at radius 2 is 2.05 bits per heavy atom. The second-order valence-electron chi connectivity index (χ2n) is 6.57. The third-order valence-corrected chi connectivity index (χ3v) is 5.45. The summed E-state index contributed by atoms with van der Waals surface area (Å²) in [6, 6.07) is -0.607. The molecule has 110 valence electrons. The number of carbonyl (C=O) groups excluding carboxylic acids is 1. The molecule has 0 spiro atoms. The first-order chi connectivity index (χ1) is 9.60. The maximum atomic E-state index is 12.7. The quantitative estimate of drug-likeness (QED) is 0.805. The number of piperidine rings is 1. The van der Waals surface area contributed by atoms with Crippen LogP contribution in [0.1, 0.15) is 39.0 Å². The molecule has 1 N–H and O–H groups in total. The van der Waals surface area contributed by atoms with Crippen LogP contribution in [0.4, 0.5) is 0 Å². The van der Waals surface area contributed by atoms with Gasteiger partial charge in [-0.2, -0.15) is 0 Å². The minimum absolute atomic E-state index is 0.0324. The van der Waals surface area contributed by atoms with Gasteiger partial charge in [-0.3, -0.25) is 4.79 Å². The van der Waals surface area contributed by atoms with Crippen LogP contribution in [0, 0.1) is 23.7 Å². The summed E-state index contributed by atoms with van der Waals surface area (Å²) < 4.78 is 0. The van der Waals surface area contributed by atoms with Gasteiger partial charge in [0.05, 0.1) is 0 Å². The molecule has 0 aromatic rings. The summed E-state index contributed by atoms with van der Waals surface area (Å²) in [6.45, 7) is 2.72. The fourth-order valence-electron chi connectivity index (χ4n) is 4.18. The largest absolute Gasteiger partial charge is 0.480 e. The number of carboxylic acids is 1. The van der Waals surface area contributed by atoms with Gasteiger partial charge in [-0.25, -0.2) is 4.79 Å². The summed E-state index contributed by atoms with van der Waals surface area (Å²) in [5.74, 6) is 0.625. The van der Waals surface area contributed by atoms with E-state index >= 15 is 0 Å². The number of nitrogens with zero attached hydrogens (tertiary/aromatic N) is 1. The molecule has 0 aromatic heterocycles. The average molecular weight is 277 g/mol. The Balaban J connectivity index is 1.73. The van der Waals surface area contributed by atoms with Crippen molar-refractivity contribution in [3.05, 3.63) is 12.2 Å². The fourth-order valence-corrected chi connectivity index (χ4v) is 4.18. The van der Waals surface area contributed by atoms with E-state index in [1.54, 1.807) is 4.90 Å². The number of hydrogen-bond acceptors (Lipinski definition) is 2. The highest BCUT2D eigenvalue weighted by molar-refractivity contribution is 5.86. The van der Waals surface area contributed by atoms with Gasteiger partial charge < -0.3 is 10.0 Å². The summed E-state index contributed by atoms with van der Waals surface area (Å²) in [5, 5.41) is 9.44. The number of allylic oxidation sites excluding steroid dienone is 2. The van der Waals surface area contributed by atoms with Crippen LogP contribution in [0.3, 0.4) is 0 Å². The minimum Gasteiger partial charge on any atom is -0.480 e. The van der Waals surface area contributed by atoms with Gasteiger partial charge in [0.25, 0.3) is 0 Å². The van der Waals surface area contributed by atoms with Crippen molar-refractivity contribution < 1.29 is 14.7 Å². The van der Waals surface area contributed by atoms with Crippen LogP contribution in [-0.4, -0.2) is 34.5 Å². The predicted molar refractivity (Wildman–Crippen MR) is 75.0 cm³/mol. The SMILES string of the molecule is CCC1CCN(C(=O)C2CC3C=CC2C3)C(C(=O)O)C1. The number of amides is 1. The van der Waals surface area contributed by atoms with Gasteiger partial charge in [-0.1, -0.05) is 25.5 Å². The molecule has 5 atom stereocenters. The lowest BCUT2D eigenvalue weighted by molar-refractivity contribution is -0.155. The molecule has 5 unspecified atom stereocenters. The molecule has 3 aliphatic rings. The number of fused-ring (bicyclic) bond motifs is 2. The zero-order valence-corrected chi connectivity index (χ0v) is 12.0. The zero-order valence-electron chi connectivity index (χ0n) is 12.0. The topological polar surface area (TPSA) is 57.6 Å². The van der Waals surface area contributed by atoms with Crippen LogP contribution in [0.2, 0.25) is 0 Å².